The van der Waals surface area contributed by atoms with Gasteiger partial charge >= 0.3 is 0 Å². The van der Waals surface area contributed by atoms with Crippen LogP contribution in [0.5, 0.6) is 0 Å². The zero-order valence-electron chi connectivity index (χ0n) is 14.5. The molecular weight excluding hydrogens is 254 g/mol. The van der Waals surface area contributed by atoms with Crippen LogP contribution in [-0.4, -0.2) is 13.1 Å². The highest BCUT2D eigenvalue weighted by Crippen LogP contribution is 2.34. The van der Waals surface area contributed by atoms with E-state index in [-0.39, 0.29) is 0 Å². The van der Waals surface area contributed by atoms with Gasteiger partial charge in [0.25, 0.3) is 0 Å². The topological polar surface area (TPSA) is 12.0 Å². The number of rotatable bonds is 7. The Morgan fingerprint density at radius 2 is 1.71 bits per heavy atom. The van der Waals surface area contributed by atoms with Crippen molar-refractivity contribution < 1.29 is 0 Å². The molecule has 0 saturated heterocycles. The van der Waals surface area contributed by atoms with E-state index in [1.165, 1.54) is 61.8 Å². The van der Waals surface area contributed by atoms with Gasteiger partial charge < -0.3 is 5.32 Å². The SMILES string of the molecule is CCCNCC(Cc1c(C)cc(C)cc1C)C1CCCC1. The van der Waals surface area contributed by atoms with Crippen molar-refractivity contribution in [1.82, 2.24) is 5.32 Å². The van der Waals surface area contributed by atoms with Crippen LogP contribution in [0.4, 0.5) is 0 Å². The van der Waals surface area contributed by atoms with Gasteiger partial charge in [-0.3, -0.25) is 0 Å². The van der Waals surface area contributed by atoms with E-state index in [0.717, 1.165) is 18.4 Å². The smallest absolute Gasteiger partial charge is 0.00147 e. The molecule has 1 fully saturated rings. The zero-order chi connectivity index (χ0) is 15.2. The molecule has 1 heteroatoms. The van der Waals surface area contributed by atoms with Crippen molar-refractivity contribution in [3.8, 4) is 0 Å². The molecule has 0 heterocycles. The van der Waals surface area contributed by atoms with Crippen LogP contribution in [0.2, 0.25) is 0 Å². The second kappa shape index (κ2) is 7.98. The summed E-state index contributed by atoms with van der Waals surface area (Å²) in [5.74, 6) is 1.76. The van der Waals surface area contributed by atoms with Crippen LogP contribution >= 0.6 is 0 Å². The summed E-state index contributed by atoms with van der Waals surface area (Å²) in [4.78, 5) is 0. The van der Waals surface area contributed by atoms with Gasteiger partial charge in [-0.05, 0) is 75.2 Å². The van der Waals surface area contributed by atoms with Crippen molar-refractivity contribution in [3.63, 3.8) is 0 Å². The van der Waals surface area contributed by atoms with E-state index in [9.17, 15) is 0 Å². The molecule has 0 radical (unpaired) electrons. The first-order valence-corrected chi connectivity index (χ1v) is 8.89. The third-order valence-electron chi connectivity index (χ3n) is 5.21. The van der Waals surface area contributed by atoms with E-state index in [1.54, 1.807) is 5.56 Å². The van der Waals surface area contributed by atoms with Crippen molar-refractivity contribution in [1.29, 1.82) is 0 Å². The Balaban J connectivity index is 2.10. The lowest BCUT2D eigenvalue weighted by atomic mass is 9.83. The normalized spacial score (nSPS) is 17.3. The number of aryl methyl sites for hydroxylation is 3. The molecule has 1 nitrogen and oxygen atoms in total. The van der Waals surface area contributed by atoms with Crippen LogP contribution in [0.25, 0.3) is 0 Å². The van der Waals surface area contributed by atoms with E-state index < -0.39 is 0 Å². The summed E-state index contributed by atoms with van der Waals surface area (Å²) in [7, 11) is 0. The molecule has 1 aromatic rings. The van der Waals surface area contributed by atoms with Gasteiger partial charge in [-0.25, -0.2) is 0 Å². The Hall–Kier alpha value is -0.820. The summed E-state index contributed by atoms with van der Waals surface area (Å²) >= 11 is 0. The van der Waals surface area contributed by atoms with Gasteiger partial charge in [0.2, 0.25) is 0 Å². The van der Waals surface area contributed by atoms with E-state index >= 15 is 0 Å². The summed E-state index contributed by atoms with van der Waals surface area (Å²) < 4.78 is 0. The first-order chi connectivity index (χ1) is 10.1. The molecule has 0 aromatic heterocycles. The standard InChI is InChI=1S/C20H33N/c1-5-10-21-14-19(18-8-6-7-9-18)13-20-16(3)11-15(2)12-17(20)4/h11-12,18-19,21H,5-10,13-14H2,1-4H3. The summed E-state index contributed by atoms with van der Waals surface area (Å²) in [6, 6.07) is 4.71. The molecule has 1 saturated carbocycles. The Bertz CT molecular complexity index is 420. The summed E-state index contributed by atoms with van der Waals surface area (Å²) in [5, 5.41) is 3.68. The van der Waals surface area contributed by atoms with Crippen molar-refractivity contribution >= 4 is 0 Å². The van der Waals surface area contributed by atoms with Gasteiger partial charge in [-0.1, -0.05) is 50.3 Å². The Kier molecular flexibility index (Phi) is 6.29. The first kappa shape index (κ1) is 16.5. The van der Waals surface area contributed by atoms with E-state index in [0.29, 0.717) is 0 Å². The third kappa shape index (κ3) is 4.57. The maximum Gasteiger partial charge on any atom is -0.00147 e. The van der Waals surface area contributed by atoms with Gasteiger partial charge in [-0.15, -0.1) is 0 Å². The van der Waals surface area contributed by atoms with Gasteiger partial charge in [0, 0.05) is 0 Å². The molecule has 1 N–H and O–H groups in total. The zero-order valence-corrected chi connectivity index (χ0v) is 14.5. The lowest BCUT2D eigenvalue weighted by molar-refractivity contribution is 0.320. The fourth-order valence-electron chi connectivity index (χ4n) is 4.09. The minimum absolute atomic E-state index is 0.819. The van der Waals surface area contributed by atoms with Crippen molar-refractivity contribution in [2.24, 2.45) is 11.8 Å². The van der Waals surface area contributed by atoms with Crippen molar-refractivity contribution in [3.05, 3.63) is 34.4 Å². The predicted octanol–water partition coefficient (Wildman–Crippen LogP) is 4.96. The van der Waals surface area contributed by atoms with Crippen LogP contribution < -0.4 is 5.32 Å². The molecule has 0 amide bonds. The summed E-state index contributed by atoms with van der Waals surface area (Å²) in [6.45, 7) is 11.4. The highest BCUT2D eigenvalue weighted by Gasteiger charge is 2.25. The molecule has 21 heavy (non-hydrogen) atoms. The molecule has 2 rings (SSSR count). The predicted molar refractivity (Wildman–Crippen MR) is 93.0 cm³/mol. The molecule has 1 aromatic carbocycles. The Labute approximate surface area is 131 Å². The third-order valence-corrected chi connectivity index (χ3v) is 5.21. The second-order valence-corrected chi connectivity index (χ2v) is 7.09. The molecule has 1 unspecified atom stereocenters. The van der Waals surface area contributed by atoms with Crippen LogP contribution in [0.1, 0.15) is 61.3 Å². The highest BCUT2D eigenvalue weighted by molar-refractivity contribution is 5.37. The number of hydrogen-bond donors (Lipinski definition) is 1. The first-order valence-electron chi connectivity index (χ1n) is 8.89. The maximum atomic E-state index is 3.68. The maximum absolute atomic E-state index is 3.68. The average molecular weight is 287 g/mol. The average Bonchev–Trinajstić information content (AvgIpc) is 2.94. The van der Waals surface area contributed by atoms with E-state index in [4.69, 9.17) is 0 Å². The Morgan fingerprint density at radius 1 is 1.10 bits per heavy atom. The quantitative estimate of drug-likeness (QED) is 0.699. The van der Waals surface area contributed by atoms with Crippen LogP contribution in [0, 0.1) is 32.6 Å². The number of nitrogens with one attached hydrogen (secondary N) is 1. The van der Waals surface area contributed by atoms with Crippen molar-refractivity contribution in [2.45, 2.75) is 66.2 Å². The monoisotopic (exact) mass is 287 g/mol. The van der Waals surface area contributed by atoms with E-state index in [2.05, 4.69) is 45.1 Å². The van der Waals surface area contributed by atoms with Crippen molar-refractivity contribution in [2.75, 3.05) is 13.1 Å². The minimum Gasteiger partial charge on any atom is -0.316 e. The van der Waals surface area contributed by atoms with Crippen LogP contribution in [0.3, 0.4) is 0 Å². The number of hydrogen-bond acceptors (Lipinski definition) is 1. The van der Waals surface area contributed by atoms with Gasteiger partial charge in [0.05, 0.1) is 0 Å². The minimum atomic E-state index is 0.819. The molecule has 118 valence electrons. The molecule has 0 aliphatic heterocycles. The van der Waals surface area contributed by atoms with Gasteiger partial charge in [0.1, 0.15) is 0 Å². The van der Waals surface area contributed by atoms with E-state index in [1.807, 2.05) is 0 Å². The Morgan fingerprint density at radius 3 is 2.29 bits per heavy atom. The molecule has 1 aliphatic rings. The largest absolute Gasteiger partial charge is 0.316 e. The lowest BCUT2D eigenvalue weighted by Crippen LogP contribution is -2.30. The molecule has 0 bridgehead atoms. The van der Waals surface area contributed by atoms with Crippen LogP contribution in [-0.2, 0) is 6.42 Å². The fraction of sp³-hybridized carbons (Fsp3) is 0.700. The number of benzene rings is 1. The molecule has 1 atom stereocenters. The molecular formula is C20H33N. The highest BCUT2D eigenvalue weighted by atomic mass is 14.9. The fourth-order valence-corrected chi connectivity index (χ4v) is 4.09. The summed E-state index contributed by atoms with van der Waals surface area (Å²) in [5.41, 5.74) is 5.99. The molecule has 1 aliphatic carbocycles. The van der Waals surface area contributed by atoms with Gasteiger partial charge in [-0.2, -0.15) is 0 Å². The lowest BCUT2D eigenvalue weighted by Gasteiger charge is -2.26. The van der Waals surface area contributed by atoms with Gasteiger partial charge in [0.15, 0.2) is 0 Å². The van der Waals surface area contributed by atoms with Crippen LogP contribution in [0.15, 0.2) is 12.1 Å². The molecule has 0 spiro atoms. The summed E-state index contributed by atoms with van der Waals surface area (Å²) in [6.07, 6.45) is 8.28. The second-order valence-electron chi connectivity index (χ2n) is 7.09.